The van der Waals surface area contributed by atoms with Crippen molar-refractivity contribution < 1.29 is 32.3 Å². The molecule has 0 saturated heterocycles. The number of Topliss-reactive ketones (excluding diaryl/α,β-unsaturated/α-hetero) is 1. The van der Waals surface area contributed by atoms with Gasteiger partial charge in [-0.2, -0.15) is 0 Å². The molecule has 0 saturated carbocycles. The molecule has 9 heteroatoms. The highest BCUT2D eigenvalue weighted by Crippen LogP contribution is 2.21. The number of likely N-dealkylation sites (N-methyl/N-ethyl adjacent to an activating group) is 1. The van der Waals surface area contributed by atoms with Gasteiger partial charge < -0.3 is 9.47 Å². The summed E-state index contributed by atoms with van der Waals surface area (Å²) in [4.78, 5) is 39.2. The molecule has 0 N–H and O–H groups in total. The molecule has 0 radical (unpaired) electrons. The molecule has 190 valence electrons. The first-order valence-corrected chi connectivity index (χ1v) is 12.8. The fourth-order valence-electron chi connectivity index (χ4n) is 3.19. The quantitative estimate of drug-likeness (QED) is 0.366. The molecule has 1 atom stereocenters. The maximum atomic E-state index is 12.8. The second kappa shape index (κ2) is 11.5. The molecule has 0 aromatic heterocycles. The third kappa shape index (κ3) is 7.92. The molecular weight excluding hydrogens is 470 g/mol. The van der Waals surface area contributed by atoms with Crippen LogP contribution >= 0.6 is 0 Å². The van der Waals surface area contributed by atoms with Crippen LogP contribution in [0.2, 0.25) is 0 Å². The van der Waals surface area contributed by atoms with E-state index in [1.54, 1.807) is 39.0 Å². The van der Waals surface area contributed by atoms with Gasteiger partial charge in [0.1, 0.15) is 11.6 Å². The zero-order chi connectivity index (χ0) is 26.4. The first-order chi connectivity index (χ1) is 16.2. The highest BCUT2D eigenvalue weighted by Gasteiger charge is 2.32. The lowest BCUT2D eigenvalue weighted by Crippen LogP contribution is -2.46. The van der Waals surface area contributed by atoms with Gasteiger partial charge in [0.2, 0.25) is 9.84 Å². The van der Waals surface area contributed by atoms with Crippen LogP contribution in [0.5, 0.6) is 0 Å². The Hall–Kier alpha value is -3.20. The second-order valence-corrected chi connectivity index (χ2v) is 11.6. The SMILES string of the molecule is CC(C)CC(C(=O)OCC(=O)c1ccc(S(=O)(=O)c2ccccc2)cc1)N(C)C(=O)OC(C)(C)C. The minimum Gasteiger partial charge on any atom is -0.456 e. The third-order valence-corrected chi connectivity index (χ3v) is 6.79. The fourth-order valence-corrected chi connectivity index (χ4v) is 4.47. The van der Waals surface area contributed by atoms with Crippen LogP contribution in [-0.2, 0) is 24.1 Å². The average Bonchev–Trinajstić information content (AvgIpc) is 2.79. The second-order valence-electron chi connectivity index (χ2n) is 9.61. The minimum absolute atomic E-state index is 0.0493. The number of rotatable bonds is 9. The summed E-state index contributed by atoms with van der Waals surface area (Å²) in [6.45, 7) is 8.44. The molecule has 1 unspecified atom stereocenters. The summed E-state index contributed by atoms with van der Waals surface area (Å²) in [5.41, 5.74) is -0.529. The van der Waals surface area contributed by atoms with Crippen LogP contribution in [0.3, 0.4) is 0 Å². The van der Waals surface area contributed by atoms with E-state index in [0.29, 0.717) is 6.42 Å². The minimum atomic E-state index is -3.71. The number of amides is 1. The first-order valence-electron chi connectivity index (χ1n) is 11.3. The Morgan fingerprint density at radius 3 is 1.97 bits per heavy atom. The number of ketones is 1. The maximum Gasteiger partial charge on any atom is 0.410 e. The van der Waals surface area contributed by atoms with Crippen molar-refractivity contribution in [1.29, 1.82) is 0 Å². The van der Waals surface area contributed by atoms with E-state index in [-0.39, 0.29) is 21.3 Å². The molecule has 2 aromatic rings. The Balaban J connectivity index is 2.07. The number of nitrogens with zero attached hydrogens (tertiary/aromatic N) is 1. The number of carbonyl (C=O) groups excluding carboxylic acids is 3. The molecule has 2 rings (SSSR count). The largest absolute Gasteiger partial charge is 0.456 e. The smallest absolute Gasteiger partial charge is 0.410 e. The Morgan fingerprint density at radius 1 is 0.914 bits per heavy atom. The summed E-state index contributed by atoms with van der Waals surface area (Å²) in [7, 11) is -2.25. The molecule has 1 amide bonds. The van der Waals surface area contributed by atoms with Gasteiger partial charge in [0, 0.05) is 12.6 Å². The van der Waals surface area contributed by atoms with Crippen molar-refractivity contribution in [2.75, 3.05) is 13.7 Å². The van der Waals surface area contributed by atoms with E-state index in [4.69, 9.17) is 9.47 Å². The average molecular weight is 504 g/mol. The number of hydrogen-bond donors (Lipinski definition) is 0. The molecule has 0 heterocycles. The van der Waals surface area contributed by atoms with E-state index < -0.39 is 45.9 Å². The van der Waals surface area contributed by atoms with E-state index >= 15 is 0 Å². The molecule has 0 aliphatic heterocycles. The normalized spacial score (nSPS) is 12.7. The Kier molecular flexibility index (Phi) is 9.20. The molecule has 0 spiro atoms. The summed E-state index contributed by atoms with van der Waals surface area (Å²) in [6, 6.07) is 12.5. The number of benzene rings is 2. The van der Waals surface area contributed by atoms with Crippen molar-refractivity contribution in [2.24, 2.45) is 5.92 Å². The van der Waals surface area contributed by atoms with Crippen LogP contribution in [-0.4, -0.2) is 56.5 Å². The van der Waals surface area contributed by atoms with E-state index in [1.807, 2.05) is 13.8 Å². The van der Waals surface area contributed by atoms with Crippen molar-refractivity contribution in [2.45, 2.75) is 62.5 Å². The van der Waals surface area contributed by atoms with Gasteiger partial charge in [0.25, 0.3) is 0 Å². The summed E-state index contributed by atoms with van der Waals surface area (Å²) < 4.78 is 36.0. The van der Waals surface area contributed by atoms with Crippen molar-refractivity contribution >= 4 is 27.7 Å². The Bertz CT molecular complexity index is 1130. The highest BCUT2D eigenvalue weighted by molar-refractivity contribution is 7.91. The van der Waals surface area contributed by atoms with Gasteiger partial charge in [-0.15, -0.1) is 0 Å². The van der Waals surface area contributed by atoms with Crippen LogP contribution in [0.25, 0.3) is 0 Å². The van der Waals surface area contributed by atoms with Gasteiger partial charge in [0.05, 0.1) is 9.79 Å². The predicted octanol–water partition coefficient (Wildman–Crippen LogP) is 4.53. The molecule has 0 fully saturated rings. The van der Waals surface area contributed by atoms with Crippen LogP contribution < -0.4 is 0 Å². The van der Waals surface area contributed by atoms with Crippen LogP contribution in [0, 0.1) is 5.92 Å². The number of hydrogen-bond acceptors (Lipinski definition) is 7. The number of esters is 1. The molecule has 8 nitrogen and oxygen atoms in total. The van der Waals surface area contributed by atoms with Crippen molar-refractivity contribution in [1.82, 2.24) is 4.90 Å². The lowest BCUT2D eigenvalue weighted by Gasteiger charge is -2.30. The molecular formula is C26H33NO7S. The van der Waals surface area contributed by atoms with Gasteiger partial charge in [-0.3, -0.25) is 9.69 Å². The van der Waals surface area contributed by atoms with Crippen molar-refractivity contribution in [3.8, 4) is 0 Å². The summed E-state index contributed by atoms with van der Waals surface area (Å²) in [5, 5.41) is 0. The Labute approximate surface area is 207 Å². The topological polar surface area (TPSA) is 107 Å². The summed E-state index contributed by atoms with van der Waals surface area (Å²) in [6.07, 6.45) is -0.337. The molecule has 35 heavy (non-hydrogen) atoms. The van der Waals surface area contributed by atoms with Gasteiger partial charge in [-0.1, -0.05) is 32.0 Å². The summed E-state index contributed by atoms with van der Waals surface area (Å²) in [5.74, 6) is -1.14. The monoisotopic (exact) mass is 503 g/mol. The van der Waals surface area contributed by atoms with E-state index in [1.165, 1.54) is 48.3 Å². The third-order valence-electron chi connectivity index (χ3n) is 5.00. The molecule has 0 aliphatic carbocycles. The first kappa shape index (κ1) is 28.0. The highest BCUT2D eigenvalue weighted by atomic mass is 32.2. The zero-order valence-corrected chi connectivity index (χ0v) is 21.8. The standard InChI is InChI=1S/C26H33NO7S/c1-18(2)16-22(27(6)25(30)34-26(3,4)5)24(29)33-17-23(28)19-12-14-21(15-13-19)35(31,32)20-10-8-7-9-11-20/h7-15,18,22H,16-17H2,1-6H3. The van der Waals surface area contributed by atoms with Crippen LogP contribution in [0.15, 0.2) is 64.4 Å². The number of sulfone groups is 1. The van der Waals surface area contributed by atoms with Gasteiger partial charge in [-0.05, 0) is 69.5 Å². The number of carbonyl (C=O) groups is 3. The predicted molar refractivity (Wildman–Crippen MR) is 131 cm³/mol. The Morgan fingerprint density at radius 2 is 1.46 bits per heavy atom. The fraction of sp³-hybridized carbons (Fsp3) is 0.423. The molecule has 0 aliphatic rings. The van der Waals surface area contributed by atoms with E-state index in [9.17, 15) is 22.8 Å². The molecule has 2 aromatic carbocycles. The van der Waals surface area contributed by atoms with Gasteiger partial charge in [-0.25, -0.2) is 18.0 Å². The maximum absolute atomic E-state index is 12.8. The lowest BCUT2D eigenvalue weighted by molar-refractivity contribution is -0.148. The number of ether oxygens (including phenoxy) is 2. The van der Waals surface area contributed by atoms with E-state index in [0.717, 1.165) is 0 Å². The lowest BCUT2D eigenvalue weighted by atomic mass is 10.0. The van der Waals surface area contributed by atoms with Crippen LogP contribution in [0.4, 0.5) is 4.79 Å². The van der Waals surface area contributed by atoms with E-state index in [2.05, 4.69) is 0 Å². The van der Waals surface area contributed by atoms with Gasteiger partial charge in [0.15, 0.2) is 12.4 Å². The molecule has 0 bridgehead atoms. The van der Waals surface area contributed by atoms with Crippen LogP contribution in [0.1, 0.15) is 51.4 Å². The van der Waals surface area contributed by atoms with Crippen molar-refractivity contribution in [3.63, 3.8) is 0 Å². The zero-order valence-electron chi connectivity index (χ0n) is 21.0. The van der Waals surface area contributed by atoms with Crippen molar-refractivity contribution in [3.05, 3.63) is 60.2 Å². The summed E-state index contributed by atoms with van der Waals surface area (Å²) >= 11 is 0. The van der Waals surface area contributed by atoms with Gasteiger partial charge >= 0.3 is 12.1 Å².